The van der Waals surface area contributed by atoms with Gasteiger partial charge in [-0.3, -0.25) is 0 Å². The number of rotatable bonds is 4. The summed E-state index contributed by atoms with van der Waals surface area (Å²) >= 11 is 2.20. The molecule has 3 aliphatic rings. The first kappa shape index (κ1) is 13.3. The lowest BCUT2D eigenvalue weighted by molar-refractivity contribution is 0.0172. The molecular weight excluding hydrogens is 238 g/mol. The van der Waals surface area contributed by atoms with E-state index in [9.17, 15) is 0 Å². The highest BCUT2D eigenvalue weighted by molar-refractivity contribution is 7.99. The second-order valence-corrected chi connectivity index (χ2v) is 8.23. The smallest absolute Gasteiger partial charge is 0.0201 e. The zero-order valence-corrected chi connectivity index (χ0v) is 12.7. The zero-order valence-electron chi connectivity index (χ0n) is 11.9. The van der Waals surface area contributed by atoms with Gasteiger partial charge in [-0.1, -0.05) is 32.6 Å². The third-order valence-corrected chi connectivity index (χ3v) is 7.09. The number of hydrogen-bond acceptors (Lipinski definition) is 2. The van der Waals surface area contributed by atoms with Crippen LogP contribution in [0.4, 0.5) is 0 Å². The normalized spacial score (nSPS) is 38.8. The van der Waals surface area contributed by atoms with Crippen LogP contribution in [0.1, 0.15) is 71.1 Å². The first-order valence-corrected chi connectivity index (χ1v) is 9.27. The van der Waals surface area contributed by atoms with E-state index in [0.717, 1.165) is 22.7 Å². The molecular formula is C16H29NS. The number of thioether (sulfide) groups is 1. The van der Waals surface area contributed by atoms with Crippen LogP contribution in [-0.2, 0) is 0 Å². The summed E-state index contributed by atoms with van der Waals surface area (Å²) < 4.78 is 0. The molecule has 1 N–H and O–H groups in total. The van der Waals surface area contributed by atoms with Crippen molar-refractivity contribution in [2.45, 2.75) is 88.5 Å². The van der Waals surface area contributed by atoms with E-state index in [0.29, 0.717) is 0 Å². The summed E-state index contributed by atoms with van der Waals surface area (Å²) in [5, 5.41) is 5.00. The van der Waals surface area contributed by atoms with Crippen LogP contribution in [0.15, 0.2) is 0 Å². The first-order chi connectivity index (χ1) is 8.84. The fourth-order valence-electron chi connectivity index (χ4n) is 4.60. The van der Waals surface area contributed by atoms with Crippen molar-refractivity contribution < 1.29 is 0 Å². The molecule has 0 heterocycles. The van der Waals surface area contributed by atoms with Gasteiger partial charge in [-0.05, 0) is 49.7 Å². The van der Waals surface area contributed by atoms with Gasteiger partial charge >= 0.3 is 0 Å². The molecule has 3 unspecified atom stereocenters. The Morgan fingerprint density at radius 1 is 1.00 bits per heavy atom. The summed E-state index contributed by atoms with van der Waals surface area (Å²) in [5.41, 5.74) is 0.738. The summed E-state index contributed by atoms with van der Waals surface area (Å²) in [7, 11) is 0. The second-order valence-electron chi connectivity index (χ2n) is 6.71. The first-order valence-electron chi connectivity index (χ1n) is 8.22. The maximum atomic E-state index is 4.09. The largest absolute Gasteiger partial charge is 0.310 e. The molecule has 0 aromatic carbocycles. The number of hydrogen-bond donors (Lipinski definition) is 1. The van der Waals surface area contributed by atoms with E-state index >= 15 is 0 Å². The third kappa shape index (κ3) is 2.47. The third-order valence-electron chi connectivity index (χ3n) is 5.77. The summed E-state index contributed by atoms with van der Waals surface area (Å²) in [6.07, 6.45) is 14.8. The number of nitrogens with one attached hydrogen (secondary N) is 1. The zero-order chi connectivity index (χ0) is 12.4. The molecule has 0 bridgehead atoms. The highest BCUT2D eigenvalue weighted by Crippen LogP contribution is 2.52. The fourth-order valence-corrected chi connectivity index (χ4v) is 5.81. The van der Waals surface area contributed by atoms with Gasteiger partial charge in [0, 0.05) is 17.3 Å². The van der Waals surface area contributed by atoms with Crippen molar-refractivity contribution in [2.75, 3.05) is 5.75 Å². The molecule has 2 heteroatoms. The maximum absolute atomic E-state index is 4.09. The van der Waals surface area contributed by atoms with E-state index in [1.54, 1.807) is 0 Å². The molecule has 3 atom stereocenters. The van der Waals surface area contributed by atoms with Crippen LogP contribution in [0.3, 0.4) is 0 Å². The van der Waals surface area contributed by atoms with Crippen LogP contribution in [-0.4, -0.2) is 23.1 Å². The van der Waals surface area contributed by atoms with Crippen LogP contribution < -0.4 is 5.32 Å². The van der Waals surface area contributed by atoms with E-state index in [1.165, 1.54) is 70.0 Å². The Morgan fingerprint density at radius 2 is 1.83 bits per heavy atom. The molecule has 3 fully saturated rings. The quantitative estimate of drug-likeness (QED) is 0.812. The van der Waals surface area contributed by atoms with Crippen molar-refractivity contribution in [3.63, 3.8) is 0 Å². The van der Waals surface area contributed by atoms with Crippen molar-refractivity contribution in [1.29, 1.82) is 0 Å². The highest BCUT2D eigenvalue weighted by atomic mass is 32.2. The van der Waals surface area contributed by atoms with Crippen LogP contribution >= 0.6 is 11.8 Å². The van der Waals surface area contributed by atoms with Gasteiger partial charge in [0.25, 0.3) is 0 Å². The Labute approximate surface area is 117 Å². The Balaban J connectivity index is 1.56. The van der Waals surface area contributed by atoms with Gasteiger partial charge in [0.15, 0.2) is 0 Å². The van der Waals surface area contributed by atoms with Gasteiger partial charge in [-0.15, -0.1) is 0 Å². The monoisotopic (exact) mass is 267 g/mol. The molecule has 1 nitrogen and oxygen atoms in total. The molecule has 0 aromatic heterocycles. The SMILES string of the molecule is CCSC1CCCC1NC1CCC12CCCCC2. The van der Waals surface area contributed by atoms with Crippen LogP contribution in [0, 0.1) is 5.41 Å². The molecule has 104 valence electrons. The molecule has 3 aliphatic carbocycles. The lowest BCUT2D eigenvalue weighted by Gasteiger charge is -2.53. The summed E-state index contributed by atoms with van der Waals surface area (Å²) in [5.74, 6) is 1.29. The molecule has 1 spiro atoms. The van der Waals surface area contributed by atoms with Crippen molar-refractivity contribution in [2.24, 2.45) is 5.41 Å². The van der Waals surface area contributed by atoms with Crippen molar-refractivity contribution in [3.8, 4) is 0 Å². The van der Waals surface area contributed by atoms with Crippen LogP contribution in [0.2, 0.25) is 0 Å². The Bertz CT molecular complexity index is 272. The molecule has 0 aromatic rings. The van der Waals surface area contributed by atoms with Gasteiger partial charge in [0.2, 0.25) is 0 Å². The summed E-state index contributed by atoms with van der Waals surface area (Å²) in [6.45, 7) is 2.31. The van der Waals surface area contributed by atoms with Crippen LogP contribution in [0.5, 0.6) is 0 Å². The van der Waals surface area contributed by atoms with Gasteiger partial charge in [-0.2, -0.15) is 11.8 Å². The van der Waals surface area contributed by atoms with Crippen molar-refractivity contribution >= 4 is 11.8 Å². The minimum Gasteiger partial charge on any atom is -0.310 e. The fraction of sp³-hybridized carbons (Fsp3) is 1.00. The molecule has 0 aliphatic heterocycles. The minimum absolute atomic E-state index is 0.738. The molecule has 0 radical (unpaired) electrons. The highest BCUT2D eigenvalue weighted by Gasteiger charge is 2.48. The minimum atomic E-state index is 0.738. The second kappa shape index (κ2) is 5.75. The van der Waals surface area contributed by atoms with E-state index < -0.39 is 0 Å². The lowest BCUT2D eigenvalue weighted by Crippen LogP contribution is -2.57. The summed E-state index contributed by atoms with van der Waals surface area (Å²) in [4.78, 5) is 0. The lowest BCUT2D eigenvalue weighted by atomic mass is 9.57. The molecule has 3 saturated carbocycles. The molecule has 3 rings (SSSR count). The van der Waals surface area contributed by atoms with E-state index in [4.69, 9.17) is 0 Å². The maximum Gasteiger partial charge on any atom is 0.0201 e. The predicted molar refractivity (Wildman–Crippen MR) is 81.2 cm³/mol. The average molecular weight is 267 g/mol. The molecule has 18 heavy (non-hydrogen) atoms. The van der Waals surface area contributed by atoms with Gasteiger partial charge < -0.3 is 5.32 Å². The standard InChI is InChI=1S/C16H29NS/c1-2-18-14-8-6-7-13(14)17-15-9-12-16(15)10-4-3-5-11-16/h13-15,17H,2-12H2,1H3. The van der Waals surface area contributed by atoms with Gasteiger partial charge in [0.05, 0.1) is 0 Å². The van der Waals surface area contributed by atoms with Crippen molar-refractivity contribution in [1.82, 2.24) is 5.32 Å². The van der Waals surface area contributed by atoms with E-state index in [1.807, 2.05) is 0 Å². The predicted octanol–water partition coefficient (Wildman–Crippen LogP) is 4.36. The Hall–Kier alpha value is 0.310. The Kier molecular flexibility index (Phi) is 4.25. The molecule has 0 amide bonds. The topological polar surface area (TPSA) is 12.0 Å². The summed E-state index contributed by atoms with van der Waals surface area (Å²) in [6, 6.07) is 1.71. The van der Waals surface area contributed by atoms with Crippen molar-refractivity contribution in [3.05, 3.63) is 0 Å². The molecule has 0 saturated heterocycles. The Morgan fingerprint density at radius 3 is 2.50 bits per heavy atom. The van der Waals surface area contributed by atoms with Gasteiger partial charge in [0.1, 0.15) is 0 Å². The van der Waals surface area contributed by atoms with E-state index in [-0.39, 0.29) is 0 Å². The van der Waals surface area contributed by atoms with Crippen LogP contribution in [0.25, 0.3) is 0 Å². The van der Waals surface area contributed by atoms with Gasteiger partial charge in [-0.25, -0.2) is 0 Å². The van der Waals surface area contributed by atoms with E-state index in [2.05, 4.69) is 24.0 Å². The average Bonchev–Trinajstić information content (AvgIpc) is 2.84.